The van der Waals surface area contributed by atoms with Gasteiger partial charge in [0.25, 0.3) is 5.56 Å². The maximum absolute atomic E-state index is 12.1. The fourth-order valence-electron chi connectivity index (χ4n) is 1.91. The number of halogens is 1. The minimum absolute atomic E-state index is 0.156. The number of hydrogen-bond donors (Lipinski definition) is 1. The first-order valence-electron chi connectivity index (χ1n) is 6.74. The molecular formula is C15H18BrN3O2. The van der Waals surface area contributed by atoms with Crippen molar-refractivity contribution in [2.24, 2.45) is 0 Å². The van der Waals surface area contributed by atoms with Gasteiger partial charge >= 0.3 is 0 Å². The van der Waals surface area contributed by atoms with E-state index in [0.29, 0.717) is 23.3 Å². The number of nitrogens with zero attached hydrogens (tertiary/aromatic N) is 2. The van der Waals surface area contributed by atoms with Gasteiger partial charge in [0.05, 0.1) is 25.0 Å². The van der Waals surface area contributed by atoms with Crippen LogP contribution in [0.5, 0.6) is 0 Å². The third-order valence-electron chi connectivity index (χ3n) is 3.06. The van der Waals surface area contributed by atoms with Crippen LogP contribution >= 0.6 is 15.9 Å². The highest BCUT2D eigenvalue weighted by atomic mass is 79.9. The van der Waals surface area contributed by atoms with Crippen LogP contribution in [0.15, 0.2) is 45.8 Å². The maximum Gasteiger partial charge on any atom is 0.283 e. The summed E-state index contributed by atoms with van der Waals surface area (Å²) in [6, 6.07) is 10.2. The predicted molar refractivity (Wildman–Crippen MR) is 86.7 cm³/mol. The van der Waals surface area contributed by atoms with Gasteiger partial charge in [-0.2, -0.15) is 5.10 Å². The number of benzene rings is 1. The van der Waals surface area contributed by atoms with Gasteiger partial charge in [-0.1, -0.05) is 30.3 Å². The van der Waals surface area contributed by atoms with E-state index in [0.717, 1.165) is 13.0 Å². The molecule has 0 saturated heterocycles. The maximum atomic E-state index is 12.1. The first-order chi connectivity index (χ1) is 10.2. The Kier molecular flexibility index (Phi) is 5.95. The molecule has 0 spiro atoms. The van der Waals surface area contributed by atoms with E-state index in [1.54, 1.807) is 13.3 Å². The molecule has 2 rings (SSSR count). The van der Waals surface area contributed by atoms with E-state index in [4.69, 9.17) is 4.74 Å². The highest BCUT2D eigenvalue weighted by Crippen LogP contribution is 2.16. The number of hydrogen-bond acceptors (Lipinski definition) is 4. The van der Waals surface area contributed by atoms with Gasteiger partial charge in [-0.3, -0.25) is 4.79 Å². The van der Waals surface area contributed by atoms with Crippen LogP contribution in [0, 0.1) is 0 Å². The van der Waals surface area contributed by atoms with Crippen LogP contribution in [-0.4, -0.2) is 30.0 Å². The van der Waals surface area contributed by atoms with Crippen LogP contribution in [0.25, 0.3) is 0 Å². The summed E-state index contributed by atoms with van der Waals surface area (Å²) in [4.78, 5) is 12.1. The molecule has 21 heavy (non-hydrogen) atoms. The smallest absolute Gasteiger partial charge is 0.283 e. The molecule has 0 fully saturated rings. The quantitative estimate of drug-likeness (QED) is 0.831. The van der Waals surface area contributed by atoms with Crippen LogP contribution < -0.4 is 10.9 Å². The zero-order valence-electron chi connectivity index (χ0n) is 11.9. The van der Waals surface area contributed by atoms with E-state index in [2.05, 4.69) is 38.5 Å². The molecule has 1 aromatic heterocycles. The fraction of sp³-hybridized carbons (Fsp3) is 0.333. The zero-order chi connectivity index (χ0) is 15.1. The summed E-state index contributed by atoms with van der Waals surface area (Å²) in [6.07, 6.45) is 2.55. The first kappa shape index (κ1) is 15.7. The van der Waals surface area contributed by atoms with Crippen LogP contribution in [-0.2, 0) is 17.7 Å². The van der Waals surface area contributed by atoms with Crippen molar-refractivity contribution in [3.05, 3.63) is 56.9 Å². The summed E-state index contributed by atoms with van der Waals surface area (Å²) in [7, 11) is 1.60. The Morgan fingerprint density at radius 3 is 2.81 bits per heavy atom. The molecule has 0 aliphatic heterocycles. The minimum Gasteiger partial charge on any atom is -0.383 e. The molecule has 0 radical (unpaired) electrons. The summed E-state index contributed by atoms with van der Waals surface area (Å²) < 4.78 is 6.84. The summed E-state index contributed by atoms with van der Waals surface area (Å²) in [5.74, 6) is 0. The molecule has 0 atom stereocenters. The van der Waals surface area contributed by atoms with Gasteiger partial charge in [0, 0.05) is 13.7 Å². The SMILES string of the molecule is COCCn1ncc(NCCc2ccccc2)c(Br)c1=O. The van der Waals surface area contributed by atoms with Crippen LogP contribution in [0.3, 0.4) is 0 Å². The number of nitrogens with one attached hydrogen (secondary N) is 1. The number of anilines is 1. The van der Waals surface area contributed by atoms with Crippen LogP contribution in [0.1, 0.15) is 5.56 Å². The average Bonchev–Trinajstić information content (AvgIpc) is 2.52. The van der Waals surface area contributed by atoms with Crippen molar-refractivity contribution in [3.8, 4) is 0 Å². The molecular weight excluding hydrogens is 334 g/mol. The molecule has 2 aromatic rings. The van der Waals surface area contributed by atoms with Crippen molar-refractivity contribution in [1.82, 2.24) is 9.78 Å². The summed E-state index contributed by atoms with van der Waals surface area (Å²) in [5.41, 5.74) is 1.81. The van der Waals surface area contributed by atoms with Crippen molar-refractivity contribution in [1.29, 1.82) is 0 Å². The highest BCUT2D eigenvalue weighted by molar-refractivity contribution is 9.10. The third-order valence-corrected chi connectivity index (χ3v) is 3.83. The van der Waals surface area contributed by atoms with Gasteiger partial charge in [-0.05, 0) is 27.9 Å². The van der Waals surface area contributed by atoms with E-state index in [-0.39, 0.29) is 5.56 Å². The van der Waals surface area contributed by atoms with E-state index in [1.807, 2.05) is 18.2 Å². The number of methoxy groups -OCH3 is 1. The number of rotatable bonds is 7. The minimum atomic E-state index is -0.156. The van der Waals surface area contributed by atoms with Crippen molar-refractivity contribution in [2.45, 2.75) is 13.0 Å². The Morgan fingerprint density at radius 1 is 1.33 bits per heavy atom. The van der Waals surface area contributed by atoms with Gasteiger partial charge in [0.15, 0.2) is 0 Å². The Hall–Kier alpha value is -1.66. The van der Waals surface area contributed by atoms with E-state index in [1.165, 1.54) is 10.2 Å². The molecule has 6 heteroatoms. The largest absolute Gasteiger partial charge is 0.383 e. The number of ether oxygens (including phenoxy) is 1. The van der Waals surface area contributed by atoms with E-state index < -0.39 is 0 Å². The van der Waals surface area contributed by atoms with E-state index >= 15 is 0 Å². The Balaban J connectivity index is 1.97. The summed E-state index contributed by atoms with van der Waals surface area (Å²) in [6.45, 7) is 1.64. The molecule has 0 aliphatic carbocycles. The van der Waals surface area contributed by atoms with Gasteiger partial charge < -0.3 is 10.1 Å². The fourth-order valence-corrected chi connectivity index (χ4v) is 2.36. The van der Waals surface area contributed by atoms with Crippen molar-refractivity contribution >= 4 is 21.6 Å². The van der Waals surface area contributed by atoms with Gasteiger partial charge in [-0.25, -0.2) is 4.68 Å². The normalized spacial score (nSPS) is 10.6. The second-order valence-corrected chi connectivity index (χ2v) is 5.35. The molecule has 1 aromatic carbocycles. The Morgan fingerprint density at radius 2 is 2.10 bits per heavy atom. The molecule has 1 heterocycles. The predicted octanol–water partition coefficient (Wildman–Crippen LogP) is 2.31. The average molecular weight is 352 g/mol. The van der Waals surface area contributed by atoms with Crippen molar-refractivity contribution in [3.63, 3.8) is 0 Å². The molecule has 112 valence electrons. The lowest BCUT2D eigenvalue weighted by Gasteiger charge is -2.10. The second-order valence-electron chi connectivity index (χ2n) is 4.56. The molecule has 0 amide bonds. The zero-order valence-corrected chi connectivity index (χ0v) is 13.5. The first-order valence-corrected chi connectivity index (χ1v) is 7.54. The monoisotopic (exact) mass is 351 g/mol. The molecule has 5 nitrogen and oxygen atoms in total. The summed E-state index contributed by atoms with van der Waals surface area (Å²) in [5, 5.41) is 7.37. The molecule has 0 bridgehead atoms. The molecule has 0 aliphatic rings. The number of aromatic nitrogens is 2. The lowest BCUT2D eigenvalue weighted by molar-refractivity contribution is 0.181. The highest BCUT2D eigenvalue weighted by Gasteiger charge is 2.08. The molecule has 0 saturated carbocycles. The standard InChI is InChI=1S/C15H18BrN3O2/c1-21-10-9-19-15(20)14(16)13(11-18-19)17-8-7-12-5-3-2-4-6-12/h2-6,11,17H,7-10H2,1H3. The van der Waals surface area contributed by atoms with Crippen molar-refractivity contribution < 1.29 is 4.74 Å². The molecule has 1 N–H and O–H groups in total. The van der Waals surface area contributed by atoms with E-state index in [9.17, 15) is 4.79 Å². The van der Waals surface area contributed by atoms with Crippen LogP contribution in [0.2, 0.25) is 0 Å². The van der Waals surface area contributed by atoms with Crippen LogP contribution in [0.4, 0.5) is 5.69 Å². The van der Waals surface area contributed by atoms with Gasteiger partial charge in [0.1, 0.15) is 4.47 Å². The Labute approximate surface area is 132 Å². The third kappa shape index (κ3) is 4.41. The molecule has 0 unspecified atom stereocenters. The Bertz CT molecular complexity index is 629. The topological polar surface area (TPSA) is 56.1 Å². The summed E-state index contributed by atoms with van der Waals surface area (Å²) >= 11 is 3.33. The lowest BCUT2D eigenvalue weighted by atomic mass is 10.1. The lowest BCUT2D eigenvalue weighted by Crippen LogP contribution is -2.26. The van der Waals surface area contributed by atoms with Crippen molar-refractivity contribution in [2.75, 3.05) is 25.6 Å². The van der Waals surface area contributed by atoms with Gasteiger partial charge in [-0.15, -0.1) is 0 Å². The second kappa shape index (κ2) is 7.95. The van der Waals surface area contributed by atoms with Gasteiger partial charge in [0.2, 0.25) is 0 Å².